The van der Waals surface area contributed by atoms with Crippen LogP contribution in [0.2, 0.25) is 0 Å². The SMILES string of the molecule is CC(CO)(c1ccccc1)N1CCS(=O)(=O)CC1. The molecule has 0 aromatic heterocycles. The van der Waals surface area contributed by atoms with Crippen LogP contribution in [0.4, 0.5) is 0 Å². The minimum absolute atomic E-state index is 0.0168. The van der Waals surface area contributed by atoms with Crippen LogP contribution in [-0.2, 0) is 15.4 Å². The van der Waals surface area contributed by atoms with E-state index in [0.29, 0.717) is 13.1 Å². The minimum atomic E-state index is -2.89. The van der Waals surface area contributed by atoms with Crippen LogP contribution >= 0.6 is 0 Å². The molecular formula is C13H19NO3S. The molecule has 1 aliphatic heterocycles. The van der Waals surface area contributed by atoms with Gasteiger partial charge in [-0.15, -0.1) is 0 Å². The van der Waals surface area contributed by atoms with Crippen LogP contribution in [0.1, 0.15) is 12.5 Å². The van der Waals surface area contributed by atoms with E-state index < -0.39 is 15.4 Å². The summed E-state index contributed by atoms with van der Waals surface area (Å²) in [4.78, 5) is 2.06. The molecule has 18 heavy (non-hydrogen) atoms. The van der Waals surface area contributed by atoms with Crippen LogP contribution in [0.5, 0.6) is 0 Å². The Morgan fingerprint density at radius 2 is 1.78 bits per heavy atom. The fourth-order valence-electron chi connectivity index (χ4n) is 2.38. The van der Waals surface area contributed by atoms with Crippen molar-refractivity contribution >= 4 is 9.84 Å². The average Bonchev–Trinajstić information content (AvgIpc) is 2.39. The van der Waals surface area contributed by atoms with Gasteiger partial charge < -0.3 is 5.11 Å². The number of benzene rings is 1. The second-order valence-corrected chi connectivity index (χ2v) is 7.24. The zero-order valence-corrected chi connectivity index (χ0v) is 11.4. The first kappa shape index (κ1) is 13.5. The number of hydrogen-bond acceptors (Lipinski definition) is 4. The van der Waals surface area contributed by atoms with Crippen molar-refractivity contribution in [3.63, 3.8) is 0 Å². The maximum atomic E-state index is 11.5. The van der Waals surface area contributed by atoms with Crippen molar-refractivity contribution in [1.82, 2.24) is 4.90 Å². The van der Waals surface area contributed by atoms with E-state index in [4.69, 9.17) is 0 Å². The van der Waals surface area contributed by atoms with Gasteiger partial charge in [-0.2, -0.15) is 0 Å². The first-order valence-corrected chi connectivity index (χ1v) is 7.92. The zero-order valence-electron chi connectivity index (χ0n) is 10.5. The Morgan fingerprint density at radius 1 is 1.22 bits per heavy atom. The molecule has 1 aromatic rings. The number of aliphatic hydroxyl groups excluding tert-OH is 1. The van der Waals surface area contributed by atoms with E-state index in [1.54, 1.807) is 0 Å². The molecule has 1 N–H and O–H groups in total. The van der Waals surface area contributed by atoms with Crippen LogP contribution in [-0.4, -0.2) is 49.6 Å². The molecule has 0 saturated carbocycles. The molecule has 5 heteroatoms. The topological polar surface area (TPSA) is 57.6 Å². The maximum absolute atomic E-state index is 11.5. The predicted octanol–water partition coefficient (Wildman–Crippen LogP) is 0.625. The van der Waals surface area contributed by atoms with E-state index in [-0.39, 0.29) is 18.1 Å². The van der Waals surface area contributed by atoms with E-state index in [9.17, 15) is 13.5 Å². The summed E-state index contributed by atoms with van der Waals surface area (Å²) in [7, 11) is -2.89. The summed E-state index contributed by atoms with van der Waals surface area (Å²) < 4.78 is 22.9. The predicted molar refractivity (Wildman–Crippen MR) is 71.1 cm³/mol. The van der Waals surface area contributed by atoms with Crippen molar-refractivity contribution in [3.8, 4) is 0 Å². The van der Waals surface area contributed by atoms with Gasteiger partial charge in [0.2, 0.25) is 0 Å². The molecule has 1 atom stereocenters. The zero-order chi connectivity index (χ0) is 13.2. The Labute approximate surface area is 108 Å². The Morgan fingerprint density at radius 3 is 2.28 bits per heavy atom. The molecule has 1 saturated heterocycles. The van der Waals surface area contributed by atoms with Crippen molar-refractivity contribution in [2.75, 3.05) is 31.2 Å². The molecule has 0 bridgehead atoms. The van der Waals surface area contributed by atoms with Crippen LogP contribution < -0.4 is 0 Å². The van der Waals surface area contributed by atoms with Crippen molar-refractivity contribution < 1.29 is 13.5 Å². The molecule has 0 radical (unpaired) electrons. The highest BCUT2D eigenvalue weighted by Crippen LogP contribution is 2.29. The largest absolute Gasteiger partial charge is 0.394 e. The quantitative estimate of drug-likeness (QED) is 0.874. The van der Waals surface area contributed by atoms with Gasteiger partial charge in [0.25, 0.3) is 0 Å². The lowest BCUT2D eigenvalue weighted by Crippen LogP contribution is -2.53. The Kier molecular flexibility index (Phi) is 3.75. The van der Waals surface area contributed by atoms with Gasteiger partial charge in [-0.05, 0) is 12.5 Å². The van der Waals surface area contributed by atoms with E-state index in [2.05, 4.69) is 4.90 Å². The molecule has 1 heterocycles. The molecule has 1 aliphatic rings. The van der Waals surface area contributed by atoms with Crippen molar-refractivity contribution in [1.29, 1.82) is 0 Å². The highest BCUT2D eigenvalue weighted by molar-refractivity contribution is 7.91. The Hall–Kier alpha value is -0.910. The van der Waals surface area contributed by atoms with Gasteiger partial charge in [-0.3, -0.25) is 4.90 Å². The van der Waals surface area contributed by atoms with E-state index in [1.807, 2.05) is 37.3 Å². The first-order chi connectivity index (χ1) is 8.48. The normalized spacial score (nSPS) is 23.4. The number of sulfone groups is 1. The summed E-state index contributed by atoms with van der Waals surface area (Å²) in [5.41, 5.74) is 0.517. The molecule has 4 nitrogen and oxygen atoms in total. The summed E-state index contributed by atoms with van der Waals surface area (Å²) in [6.07, 6.45) is 0. The van der Waals surface area contributed by atoms with Crippen molar-refractivity contribution in [3.05, 3.63) is 35.9 Å². The van der Waals surface area contributed by atoms with Gasteiger partial charge in [0.15, 0.2) is 9.84 Å². The first-order valence-electron chi connectivity index (χ1n) is 6.10. The number of hydrogen-bond donors (Lipinski definition) is 1. The maximum Gasteiger partial charge on any atom is 0.152 e. The fourth-order valence-corrected chi connectivity index (χ4v) is 3.58. The standard InChI is InChI=1S/C13H19NO3S/c1-13(11-15,12-5-3-2-4-6-12)14-7-9-18(16,17)10-8-14/h2-6,15H,7-11H2,1H3. The number of aliphatic hydroxyl groups is 1. The third-order valence-corrected chi connectivity index (χ3v) is 5.36. The van der Waals surface area contributed by atoms with Crippen LogP contribution in [0, 0.1) is 0 Å². The Bertz CT molecular complexity index is 486. The van der Waals surface area contributed by atoms with Gasteiger partial charge in [0.1, 0.15) is 0 Å². The van der Waals surface area contributed by atoms with E-state index >= 15 is 0 Å². The number of nitrogens with zero attached hydrogens (tertiary/aromatic N) is 1. The molecule has 100 valence electrons. The van der Waals surface area contributed by atoms with Crippen LogP contribution in [0.15, 0.2) is 30.3 Å². The highest BCUT2D eigenvalue weighted by Gasteiger charge is 2.36. The van der Waals surface area contributed by atoms with E-state index in [0.717, 1.165) is 5.56 Å². The highest BCUT2D eigenvalue weighted by atomic mass is 32.2. The monoisotopic (exact) mass is 269 g/mol. The minimum Gasteiger partial charge on any atom is -0.394 e. The average molecular weight is 269 g/mol. The lowest BCUT2D eigenvalue weighted by molar-refractivity contribution is 0.0470. The molecule has 0 aliphatic carbocycles. The van der Waals surface area contributed by atoms with Crippen molar-refractivity contribution in [2.24, 2.45) is 0 Å². The molecule has 1 unspecified atom stereocenters. The van der Waals surface area contributed by atoms with Gasteiger partial charge in [0.05, 0.1) is 23.7 Å². The van der Waals surface area contributed by atoms with Gasteiger partial charge in [-0.25, -0.2) is 8.42 Å². The fraction of sp³-hybridized carbons (Fsp3) is 0.538. The van der Waals surface area contributed by atoms with Gasteiger partial charge in [-0.1, -0.05) is 30.3 Å². The molecule has 0 amide bonds. The van der Waals surface area contributed by atoms with Gasteiger partial charge in [0, 0.05) is 13.1 Å². The summed E-state index contributed by atoms with van der Waals surface area (Å²) in [5.74, 6) is 0.352. The third kappa shape index (κ3) is 2.58. The molecule has 1 fully saturated rings. The lowest BCUT2D eigenvalue weighted by Gasteiger charge is -2.42. The second kappa shape index (κ2) is 4.99. The summed E-state index contributed by atoms with van der Waals surface area (Å²) in [6, 6.07) is 9.74. The number of rotatable bonds is 3. The lowest BCUT2D eigenvalue weighted by atomic mass is 9.91. The van der Waals surface area contributed by atoms with Gasteiger partial charge >= 0.3 is 0 Å². The molecule has 2 rings (SSSR count). The summed E-state index contributed by atoms with van der Waals surface area (Å²) >= 11 is 0. The molecule has 0 spiro atoms. The van der Waals surface area contributed by atoms with Crippen molar-refractivity contribution in [2.45, 2.75) is 12.5 Å². The van der Waals surface area contributed by atoms with E-state index in [1.165, 1.54) is 0 Å². The molecular weight excluding hydrogens is 250 g/mol. The summed E-state index contributed by atoms with van der Waals surface area (Å²) in [5, 5.41) is 9.73. The Balaban J connectivity index is 2.24. The molecule has 1 aromatic carbocycles. The van der Waals surface area contributed by atoms with Crippen LogP contribution in [0.25, 0.3) is 0 Å². The summed E-state index contributed by atoms with van der Waals surface area (Å²) in [6.45, 7) is 2.90. The van der Waals surface area contributed by atoms with Crippen LogP contribution in [0.3, 0.4) is 0 Å². The second-order valence-electron chi connectivity index (χ2n) is 4.94. The third-order valence-electron chi connectivity index (χ3n) is 3.75. The smallest absolute Gasteiger partial charge is 0.152 e.